The SMILES string of the molecule is Cc1ccc(F)c(NC(=O)C(C)(C)N)c1F. The number of hydrogen-bond donors (Lipinski definition) is 2. The number of benzene rings is 1. The molecule has 0 aromatic heterocycles. The van der Waals surface area contributed by atoms with Crippen molar-refractivity contribution in [1.82, 2.24) is 0 Å². The van der Waals surface area contributed by atoms with E-state index in [1.807, 2.05) is 0 Å². The van der Waals surface area contributed by atoms with Gasteiger partial charge in [-0.05, 0) is 32.4 Å². The average Bonchev–Trinajstić information content (AvgIpc) is 2.17. The van der Waals surface area contributed by atoms with Gasteiger partial charge in [-0.2, -0.15) is 0 Å². The first-order valence-electron chi connectivity index (χ1n) is 4.78. The summed E-state index contributed by atoms with van der Waals surface area (Å²) in [5.41, 5.74) is 4.12. The molecule has 0 heterocycles. The van der Waals surface area contributed by atoms with Crippen LogP contribution in [-0.4, -0.2) is 11.4 Å². The zero-order chi connectivity index (χ0) is 12.5. The van der Waals surface area contributed by atoms with Gasteiger partial charge in [-0.15, -0.1) is 0 Å². The molecule has 0 atom stereocenters. The minimum atomic E-state index is -1.19. The van der Waals surface area contributed by atoms with Crippen LogP contribution in [0.5, 0.6) is 0 Å². The second-order valence-corrected chi connectivity index (χ2v) is 4.23. The first-order chi connectivity index (χ1) is 7.23. The van der Waals surface area contributed by atoms with E-state index in [9.17, 15) is 13.6 Å². The van der Waals surface area contributed by atoms with Crippen molar-refractivity contribution in [1.29, 1.82) is 0 Å². The maximum Gasteiger partial charge on any atom is 0.244 e. The van der Waals surface area contributed by atoms with Crippen LogP contribution in [0.15, 0.2) is 12.1 Å². The van der Waals surface area contributed by atoms with E-state index in [0.717, 1.165) is 6.07 Å². The summed E-state index contributed by atoms with van der Waals surface area (Å²) < 4.78 is 26.8. The Morgan fingerprint density at radius 2 is 1.94 bits per heavy atom. The molecular weight excluding hydrogens is 214 g/mol. The number of aryl methyl sites for hydroxylation is 1. The molecule has 1 rings (SSSR count). The lowest BCUT2D eigenvalue weighted by Crippen LogP contribution is -2.45. The zero-order valence-corrected chi connectivity index (χ0v) is 9.40. The normalized spacial score (nSPS) is 11.4. The molecule has 0 fully saturated rings. The first-order valence-corrected chi connectivity index (χ1v) is 4.78. The lowest BCUT2D eigenvalue weighted by atomic mass is 10.1. The third kappa shape index (κ3) is 2.55. The van der Waals surface area contributed by atoms with Crippen LogP contribution < -0.4 is 11.1 Å². The van der Waals surface area contributed by atoms with Crippen molar-refractivity contribution in [3.05, 3.63) is 29.3 Å². The van der Waals surface area contributed by atoms with Gasteiger partial charge in [0.2, 0.25) is 5.91 Å². The first kappa shape index (κ1) is 12.6. The molecule has 0 radical (unpaired) electrons. The predicted octanol–water partition coefficient (Wildman–Crippen LogP) is 1.95. The number of rotatable bonds is 2. The van der Waals surface area contributed by atoms with Crippen LogP contribution in [-0.2, 0) is 4.79 Å². The summed E-state index contributed by atoms with van der Waals surface area (Å²) in [6.07, 6.45) is 0. The number of carbonyl (C=O) groups is 1. The zero-order valence-electron chi connectivity index (χ0n) is 9.40. The molecule has 0 saturated heterocycles. The van der Waals surface area contributed by atoms with Crippen molar-refractivity contribution >= 4 is 11.6 Å². The van der Waals surface area contributed by atoms with Crippen molar-refractivity contribution in [3.63, 3.8) is 0 Å². The van der Waals surface area contributed by atoms with E-state index in [0.29, 0.717) is 0 Å². The fourth-order valence-corrected chi connectivity index (χ4v) is 1.05. The highest BCUT2D eigenvalue weighted by molar-refractivity contribution is 5.97. The molecule has 0 aliphatic heterocycles. The standard InChI is InChI=1S/C11H14F2N2O/c1-6-4-5-7(12)9(8(6)13)15-10(16)11(2,3)14/h4-5H,14H2,1-3H3,(H,15,16). The summed E-state index contributed by atoms with van der Waals surface area (Å²) in [6, 6.07) is 2.39. The molecule has 0 unspecified atom stereocenters. The molecule has 0 bridgehead atoms. The summed E-state index contributed by atoms with van der Waals surface area (Å²) in [7, 11) is 0. The van der Waals surface area contributed by atoms with E-state index in [4.69, 9.17) is 5.73 Å². The summed E-state index contributed by atoms with van der Waals surface area (Å²) in [5, 5.41) is 2.15. The van der Waals surface area contributed by atoms with Gasteiger partial charge in [0, 0.05) is 0 Å². The van der Waals surface area contributed by atoms with Gasteiger partial charge >= 0.3 is 0 Å². The van der Waals surface area contributed by atoms with Crippen LogP contribution in [0.2, 0.25) is 0 Å². The highest BCUT2D eigenvalue weighted by atomic mass is 19.1. The van der Waals surface area contributed by atoms with Crippen LogP contribution in [0.3, 0.4) is 0 Å². The van der Waals surface area contributed by atoms with Gasteiger partial charge in [-0.1, -0.05) is 6.07 Å². The quantitative estimate of drug-likeness (QED) is 0.812. The summed E-state index contributed by atoms with van der Waals surface area (Å²) >= 11 is 0. The van der Waals surface area contributed by atoms with Crippen LogP contribution in [0, 0.1) is 18.6 Å². The highest BCUT2D eigenvalue weighted by Gasteiger charge is 2.24. The second-order valence-electron chi connectivity index (χ2n) is 4.23. The van der Waals surface area contributed by atoms with Gasteiger partial charge in [-0.25, -0.2) is 8.78 Å². The maximum atomic E-state index is 13.5. The van der Waals surface area contributed by atoms with Crippen LogP contribution >= 0.6 is 0 Å². The van der Waals surface area contributed by atoms with Gasteiger partial charge in [0.25, 0.3) is 0 Å². The molecular formula is C11H14F2N2O. The topological polar surface area (TPSA) is 55.1 Å². The maximum absolute atomic E-state index is 13.5. The van der Waals surface area contributed by atoms with Gasteiger partial charge in [0.05, 0.1) is 5.54 Å². The van der Waals surface area contributed by atoms with E-state index in [1.165, 1.54) is 26.8 Å². The number of halogens is 2. The lowest BCUT2D eigenvalue weighted by Gasteiger charge is -2.18. The smallest absolute Gasteiger partial charge is 0.244 e. The van der Waals surface area contributed by atoms with Crippen molar-refractivity contribution in [2.75, 3.05) is 5.32 Å². The molecule has 0 aliphatic carbocycles. The Labute approximate surface area is 92.6 Å². The third-order valence-corrected chi connectivity index (χ3v) is 2.11. The Kier molecular flexibility index (Phi) is 3.28. The second kappa shape index (κ2) is 4.17. The predicted molar refractivity (Wildman–Crippen MR) is 58.0 cm³/mol. The van der Waals surface area contributed by atoms with E-state index in [2.05, 4.69) is 5.32 Å². The van der Waals surface area contributed by atoms with E-state index < -0.39 is 28.8 Å². The van der Waals surface area contributed by atoms with E-state index in [-0.39, 0.29) is 5.56 Å². The van der Waals surface area contributed by atoms with Crippen molar-refractivity contribution in [3.8, 4) is 0 Å². The number of carbonyl (C=O) groups excluding carboxylic acids is 1. The van der Waals surface area contributed by atoms with Gasteiger partial charge in [0.15, 0.2) is 5.82 Å². The van der Waals surface area contributed by atoms with Crippen LogP contribution in [0.4, 0.5) is 14.5 Å². The van der Waals surface area contributed by atoms with Crippen molar-refractivity contribution < 1.29 is 13.6 Å². The molecule has 16 heavy (non-hydrogen) atoms. The number of amides is 1. The largest absolute Gasteiger partial charge is 0.320 e. The Hall–Kier alpha value is -1.49. The molecule has 0 saturated carbocycles. The molecule has 0 aliphatic rings. The van der Waals surface area contributed by atoms with Crippen molar-refractivity contribution in [2.24, 2.45) is 5.73 Å². The van der Waals surface area contributed by atoms with Crippen LogP contribution in [0.25, 0.3) is 0 Å². The highest BCUT2D eigenvalue weighted by Crippen LogP contribution is 2.22. The van der Waals surface area contributed by atoms with Gasteiger partial charge in [-0.3, -0.25) is 4.79 Å². The molecule has 3 nitrogen and oxygen atoms in total. The molecule has 1 aromatic rings. The number of nitrogens with one attached hydrogen (secondary N) is 1. The third-order valence-electron chi connectivity index (χ3n) is 2.11. The summed E-state index contributed by atoms with van der Waals surface area (Å²) in [4.78, 5) is 11.5. The Balaban J connectivity index is 3.07. The summed E-state index contributed by atoms with van der Waals surface area (Å²) in [5.74, 6) is -2.24. The fourth-order valence-electron chi connectivity index (χ4n) is 1.05. The number of hydrogen-bond acceptors (Lipinski definition) is 2. The monoisotopic (exact) mass is 228 g/mol. The van der Waals surface area contributed by atoms with Crippen molar-refractivity contribution in [2.45, 2.75) is 26.3 Å². The lowest BCUT2D eigenvalue weighted by molar-refractivity contribution is -0.120. The summed E-state index contributed by atoms with van der Waals surface area (Å²) in [6.45, 7) is 4.39. The van der Waals surface area contributed by atoms with Gasteiger partial charge in [0.1, 0.15) is 11.5 Å². The Bertz CT molecular complexity index is 425. The fraction of sp³-hybridized carbons (Fsp3) is 0.364. The molecule has 88 valence electrons. The molecule has 1 amide bonds. The molecule has 3 N–H and O–H groups in total. The molecule has 0 spiro atoms. The van der Waals surface area contributed by atoms with E-state index in [1.54, 1.807) is 0 Å². The Morgan fingerprint density at radius 3 is 2.44 bits per heavy atom. The molecule has 1 aromatic carbocycles. The molecule has 5 heteroatoms. The number of anilines is 1. The Morgan fingerprint density at radius 1 is 1.38 bits per heavy atom. The van der Waals surface area contributed by atoms with Gasteiger partial charge < -0.3 is 11.1 Å². The minimum absolute atomic E-state index is 0.256. The van der Waals surface area contributed by atoms with E-state index >= 15 is 0 Å². The average molecular weight is 228 g/mol. The van der Waals surface area contributed by atoms with Crippen LogP contribution in [0.1, 0.15) is 19.4 Å². The minimum Gasteiger partial charge on any atom is -0.320 e. The number of nitrogens with two attached hydrogens (primary N) is 1.